The Labute approximate surface area is 166 Å². The van der Waals surface area contributed by atoms with Crippen LogP contribution >= 0.6 is 11.6 Å². The van der Waals surface area contributed by atoms with Gasteiger partial charge in [-0.15, -0.1) is 15.3 Å². The zero-order chi connectivity index (χ0) is 18.9. The van der Waals surface area contributed by atoms with Crippen molar-refractivity contribution in [3.63, 3.8) is 0 Å². The fraction of sp³-hybridized carbons (Fsp3) is 0. The SMILES string of the molecule is Clc1ccc(-c2nn3c(Nc4ccccc4)nnc3n2-c2ccccc2)cc1. The molecule has 2 aromatic heterocycles. The molecule has 0 saturated heterocycles. The number of aromatic nitrogens is 5. The first-order valence-electron chi connectivity index (χ1n) is 8.77. The minimum Gasteiger partial charge on any atom is -0.323 e. The van der Waals surface area contributed by atoms with E-state index in [1.807, 2.05) is 89.5 Å². The molecule has 136 valence electrons. The number of fused-ring (bicyclic) bond motifs is 1. The Morgan fingerprint density at radius 1 is 0.750 bits per heavy atom. The molecule has 5 rings (SSSR count). The Kier molecular flexibility index (Phi) is 4.03. The number of benzene rings is 3. The summed E-state index contributed by atoms with van der Waals surface area (Å²) < 4.78 is 3.69. The predicted octanol–water partition coefficient (Wildman–Crippen LogP) is 4.98. The average Bonchev–Trinajstić information content (AvgIpc) is 3.30. The third kappa shape index (κ3) is 2.90. The van der Waals surface area contributed by atoms with Crippen LogP contribution in [0.15, 0.2) is 84.9 Å². The molecule has 6 nitrogen and oxygen atoms in total. The van der Waals surface area contributed by atoms with E-state index in [4.69, 9.17) is 16.7 Å². The van der Waals surface area contributed by atoms with Gasteiger partial charge in [0, 0.05) is 16.3 Å². The van der Waals surface area contributed by atoms with E-state index in [1.165, 1.54) is 0 Å². The second-order valence-electron chi connectivity index (χ2n) is 6.23. The van der Waals surface area contributed by atoms with Crippen LogP contribution in [0.1, 0.15) is 0 Å². The van der Waals surface area contributed by atoms with Gasteiger partial charge in [0.25, 0.3) is 11.7 Å². The van der Waals surface area contributed by atoms with Gasteiger partial charge in [0.2, 0.25) is 0 Å². The Bertz CT molecular complexity index is 1230. The van der Waals surface area contributed by atoms with Gasteiger partial charge in [-0.25, -0.2) is 0 Å². The molecule has 1 N–H and O–H groups in total. The van der Waals surface area contributed by atoms with E-state index < -0.39 is 0 Å². The van der Waals surface area contributed by atoms with Gasteiger partial charge in [0.1, 0.15) is 0 Å². The molecule has 0 fully saturated rings. The quantitative estimate of drug-likeness (QED) is 0.473. The molecular formula is C21H15ClN6. The van der Waals surface area contributed by atoms with E-state index in [-0.39, 0.29) is 0 Å². The second-order valence-corrected chi connectivity index (χ2v) is 6.66. The number of anilines is 2. The molecule has 2 heterocycles. The molecule has 0 aliphatic carbocycles. The summed E-state index contributed by atoms with van der Waals surface area (Å²) in [4.78, 5) is 0. The lowest BCUT2D eigenvalue weighted by Gasteiger charge is -2.06. The van der Waals surface area contributed by atoms with Crippen LogP contribution in [0.5, 0.6) is 0 Å². The molecule has 0 unspecified atom stereocenters. The molecule has 0 aliphatic rings. The van der Waals surface area contributed by atoms with Crippen molar-refractivity contribution in [1.82, 2.24) is 24.4 Å². The number of para-hydroxylation sites is 2. The van der Waals surface area contributed by atoms with Crippen LogP contribution in [-0.2, 0) is 0 Å². The van der Waals surface area contributed by atoms with Crippen molar-refractivity contribution in [3.8, 4) is 17.1 Å². The van der Waals surface area contributed by atoms with Crippen molar-refractivity contribution < 1.29 is 0 Å². The van der Waals surface area contributed by atoms with Crippen molar-refractivity contribution in [2.45, 2.75) is 0 Å². The molecule has 0 amide bonds. The first-order chi connectivity index (χ1) is 13.8. The Hall–Kier alpha value is -3.64. The average molecular weight is 387 g/mol. The molecular weight excluding hydrogens is 372 g/mol. The molecule has 28 heavy (non-hydrogen) atoms. The maximum Gasteiger partial charge on any atom is 0.260 e. The lowest BCUT2D eigenvalue weighted by Crippen LogP contribution is -1.98. The van der Waals surface area contributed by atoms with E-state index in [2.05, 4.69) is 15.5 Å². The zero-order valence-electron chi connectivity index (χ0n) is 14.7. The van der Waals surface area contributed by atoms with Crippen LogP contribution in [0.25, 0.3) is 22.9 Å². The summed E-state index contributed by atoms with van der Waals surface area (Å²) in [6.07, 6.45) is 0. The minimum absolute atomic E-state index is 0.547. The smallest absolute Gasteiger partial charge is 0.260 e. The summed E-state index contributed by atoms with van der Waals surface area (Å²) in [6.45, 7) is 0. The monoisotopic (exact) mass is 386 g/mol. The molecule has 3 aromatic carbocycles. The Balaban J connectivity index is 1.70. The van der Waals surface area contributed by atoms with Crippen molar-refractivity contribution in [3.05, 3.63) is 90.0 Å². The highest BCUT2D eigenvalue weighted by Gasteiger charge is 2.19. The van der Waals surface area contributed by atoms with Crippen LogP contribution in [-0.4, -0.2) is 24.4 Å². The first kappa shape index (κ1) is 16.5. The highest BCUT2D eigenvalue weighted by molar-refractivity contribution is 6.30. The van der Waals surface area contributed by atoms with Gasteiger partial charge in [-0.05, 0) is 48.5 Å². The number of hydrogen-bond acceptors (Lipinski definition) is 4. The van der Waals surface area contributed by atoms with Crippen molar-refractivity contribution in [2.24, 2.45) is 0 Å². The van der Waals surface area contributed by atoms with Crippen LogP contribution in [0.3, 0.4) is 0 Å². The molecule has 0 spiro atoms. The van der Waals surface area contributed by atoms with Crippen molar-refractivity contribution in [2.75, 3.05) is 5.32 Å². The van der Waals surface area contributed by atoms with E-state index in [1.54, 1.807) is 4.52 Å². The normalized spacial score (nSPS) is 11.0. The highest BCUT2D eigenvalue weighted by atomic mass is 35.5. The fourth-order valence-corrected chi connectivity index (χ4v) is 3.19. The van der Waals surface area contributed by atoms with E-state index in [0.717, 1.165) is 22.8 Å². The molecule has 0 atom stereocenters. The summed E-state index contributed by atoms with van der Waals surface area (Å²) in [5, 5.41) is 17.4. The maximum absolute atomic E-state index is 6.06. The molecule has 0 aliphatic heterocycles. The summed E-state index contributed by atoms with van der Waals surface area (Å²) >= 11 is 6.06. The fourth-order valence-electron chi connectivity index (χ4n) is 3.07. The third-order valence-electron chi connectivity index (χ3n) is 4.38. The van der Waals surface area contributed by atoms with Crippen LogP contribution in [0, 0.1) is 0 Å². The van der Waals surface area contributed by atoms with Crippen LogP contribution in [0.2, 0.25) is 5.02 Å². The van der Waals surface area contributed by atoms with Gasteiger partial charge < -0.3 is 5.32 Å². The number of nitrogens with one attached hydrogen (secondary N) is 1. The predicted molar refractivity (Wildman–Crippen MR) is 110 cm³/mol. The van der Waals surface area contributed by atoms with Crippen molar-refractivity contribution in [1.29, 1.82) is 0 Å². The molecule has 0 bridgehead atoms. The first-order valence-corrected chi connectivity index (χ1v) is 9.15. The molecule has 0 radical (unpaired) electrons. The maximum atomic E-state index is 6.06. The van der Waals surface area contributed by atoms with Gasteiger partial charge in [-0.2, -0.15) is 4.52 Å². The third-order valence-corrected chi connectivity index (χ3v) is 4.63. The van der Waals surface area contributed by atoms with Crippen LogP contribution < -0.4 is 5.32 Å². The Morgan fingerprint density at radius 2 is 1.43 bits per heavy atom. The minimum atomic E-state index is 0.547. The van der Waals surface area contributed by atoms with Gasteiger partial charge in [0.15, 0.2) is 5.82 Å². The lowest BCUT2D eigenvalue weighted by atomic mass is 10.2. The lowest BCUT2D eigenvalue weighted by molar-refractivity contribution is 0.964. The second kappa shape index (κ2) is 6.83. The highest BCUT2D eigenvalue weighted by Crippen LogP contribution is 2.27. The number of rotatable bonds is 4. The number of nitrogens with zero attached hydrogens (tertiary/aromatic N) is 5. The van der Waals surface area contributed by atoms with E-state index in [0.29, 0.717) is 16.7 Å². The molecule has 7 heteroatoms. The summed E-state index contributed by atoms with van der Waals surface area (Å²) in [5.74, 6) is 1.92. The summed E-state index contributed by atoms with van der Waals surface area (Å²) in [5.41, 5.74) is 2.80. The Morgan fingerprint density at radius 3 is 2.14 bits per heavy atom. The molecule has 0 saturated carbocycles. The molecule has 5 aromatic rings. The number of halogens is 1. The number of hydrogen-bond donors (Lipinski definition) is 1. The van der Waals surface area contributed by atoms with Crippen molar-refractivity contribution >= 4 is 29.0 Å². The van der Waals surface area contributed by atoms with E-state index in [9.17, 15) is 0 Å². The summed E-state index contributed by atoms with van der Waals surface area (Å²) in [7, 11) is 0. The van der Waals surface area contributed by atoms with Crippen LogP contribution in [0.4, 0.5) is 11.6 Å². The van der Waals surface area contributed by atoms with Gasteiger partial charge in [-0.3, -0.25) is 4.57 Å². The van der Waals surface area contributed by atoms with E-state index >= 15 is 0 Å². The van der Waals surface area contributed by atoms with Gasteiger partial charge in [-0.1, -0.05) is 48.0 Å². The van der Waals surface area contributed by atoms with Gasteiger partial charge in [0.05, 0.1) is 5.69 Å². The summed E-state index contributed by atoms with van der Waals surface area (Å²) in [6, 6.07) is 27.4. The topological polar surface area (TPSA) is 60.0 Å². The van der Waals surface area contributed by atoms with Gasteiger partial charge >= 0.3 is 0 Å². The standard InChI is InChI=1S/C21H15ClN6/c22-16-13-11-15(12-14-16)19-26-28-20(23-17-7-3-1-4-8-17)24-25-21(28)27(19)18-9-5-2-6-10-18/h1-14H,(H,23,24). The zero-order valence-corrected chi connectivity index (χ0v) is 15.5. The largest absolute Gasteiger partial charge is 0.323 e.